The van der Waals surface area contributed by atoms with Crippen molar-refractivity contribution in [2.45, 2.75) is 20.8 Å². The molecular weight excluding hydrogens is 258 g/mol. The van der Waals surface area contributed by atoms with E-state index in [1.165, 1.54) is 22.3 Å². The molecule has 0 aliphatic heterocycles. The van der Waals surface area contributed by atoms with E-state index in [4.69, 9.17) is 4.98 Å². The van der Waals surface area contributed by atoms with Crippen molar-refractivity contribution in [3.63, 3.8) is 0 Å². The van der Waals surface area contributed by atoms with Crippen LogP contribution < -0.4 is 0 Å². The highest BCUT2D eigenvalue weighted by Gasteiger charge is 2.10. The molecule has 3 nitrogen and oxygen atoms in total. The Morgan fingerprint density at radius 3 is 2.05 bits per heavy atom. The van der Waals surface area contributed by atoms with E-state index in [0.29, 0.717) is 5.82 Å². The minimum atomic E-state index is 0.654. The molecule has 0 N–H and O–H groups in total. The Labute approximate surface area is 124 Å². The minimum absolute atomic E-state index is 0.654. The summed E-state index contributed by atoms with van der Waals surface area (Å²) >= 11 is 0. The van der Waals surface area contributed by atoms with Crippen LogP contribution in [-0.2, 0) is 0 Å². The molecule has 0 saturated carbocycles. The maximum atomic E-state index is 4.74. The topological polar surface area (TPSA) is 38.7 Å². The lowest BCUT2D eigenvalue weighted by molar-refractivity contribution is 1.14. The zero-order chi connectivity index (χ0) is 14.8. The van der Waals surface area contributed by atoms with Gasteiger partial charge in [0.1, 0.15) is 5.69 Å². The molecule has 2 aromatic heterocycles. The van der Waals surface area contributed by atoms with Gasteiger partial charge >= 0.3 is 0 Å². The molecule has 0 unspecified atom stereocenters. The Balaban J connectivity index is 2.13. The average Bonchev–Trinajstić information content (AvgIpc) is 2.47. The van der Waals surface area contributed by atoms with Gasteiger partial charge in [-0.3, -0.25) is 0 Å². The quantitative estimate of drug-likeness (QED) is 0.705. The summed E-state index contributed by atoms with van der Waals surface area (Å²) in [6.45, 7) is 6.37. The second-order valence-corrected chi connectivity index (χ2v) is 5.25. The van der Waals surface area contributed by atoms with Crippen molar-refractivity contribution in [2.75, 3.05) is 0 Å². The number of aryl methyl sites for hydroxylation is 3. The first kappa shape index (κ1) is 13.4. The maximum absolute atomic E-state index is 4.74. The third-order valence-electron chi connectivity index (χ3n) is 3.48. The monoisotopic (exact) mass is 275 g/mol. The third-order valence-corrected chi connectivity index (χ3v) is 3.48. The number of rotatable bonds is 2. The Bertz CT molecular complexity index is 756. The first-order valence-corrected chi connectivity index (χ1v) is 6.98. The fraction of sp³-hybridized carbons (Fsp3) is 0.167. The van der Waals surface area contributed by atoms with E-state index >= 15 is 0 Å². The summed E-state index contributed by atoms with van der Waals surface area (Å²) in [4.78, 5) is 13.3. The van der Waals surface area contributed by atoms with Crippen LogP contribution in [0.15, 0.2) is 48.8 Å². The molecular formula is C18H17N3. The maximum Gasteiger partial charge on any atom is 0.178 e. The number of benzene rings is 1. The molecule has 0 aliphatic carbocycles. The van der Waals surface area contributed by atoms with Gasteiger partial charge in [-0.2, -0.15) is 0 Å². The SMILES string of the molecule is Cc1cc(C)c(-c2cccc(-c3ncccn3)n2)c(C)c1. The molecule has 3 heteroatoms. The molecule has 21 heavy (non-hydrogen) atoms. The molecule has 0 spiro atoms. The second kappa shape index (κ2) is 5.44. The summed E-state index contributed by atoms with van der Waals surface area (Å²) in [5.74, 6) is 0.654. The molecule has 104 valence electrons. The number of hydrogen-bond acceptors (Lipinski definition) is 3. The predicted octanol–water partition coefficient (Wildman–Crippen LogP) is 4.13. The lowest BCUT2D eigenvalue weighted by Gasteiger charge is -2.11. The van der Waals surface area contributed by atoms with Crippen molar-refractivity contribution in [2.24, 2.45) is 0 Å². The molecule has 0 fully saturated rings. The summed E-state index contributed by atoms with van der Waals surface area (Å²) in [6.07, 6.45) is 3.47. The Hall–Kier alpha value is -2.55. The average molecular weight is 275 g/mol. The Morgan fingerprint density at radius 2 is 1.38 bits per heavy atom. The first-order valence-electron chi connectivity index (χ1n) is 6.98. The van der Waals surface area contributed by atoms with Crippen LogP contribution in [0.3, 0.4) is 0 Å². The van der Waals surface area contributed by atoms with Crippen LogP contribution in [-0.4, -0.2) is 15.0 Å². The number of hydrogen-bond donors (Lipinski definition) is 0. The number of pyridine rings is 1. The van der Waals surface area contributed by atoms with E-state index in [1.54, 1.807) is 12.4 Å². The molecule has 1 aromatic carbocycles. The van der Waals surface area contributed by atoms with Gasteiger partial charge in [-0.25, -0.2) is 15.0 Å². The van der Waals surface area contributed by atoms with Crippen molar-refractivity contribution in [3.8, 4) is 22.8 Å². The fourth-order valence-electron chi connectivity index (χ4n) is 2.71. The van der Waals surface area contributed by atoms with Crippen molar-refractivity contribution in [1.82, 2.24) is 15.0 Å². The predicted molar refractivity (Wildman–Crippen MR) is 84.9 cm³/mol. The summed E-state index contributed by atoms with van der Waals surface area (Å²) in [6, 6.07) is 12.2. The van der Waals surface area contributed by atoms with Gasteiger partial charge in [0.05, 0.1) is 5.69 Å². The van der Waals surface area contributed by atoms with Gasteiger partial charge in [-0.05, 0) is 50.1 Å². The highest BCUT2D eigenvalue weighted by atomic mass is 14.9. The van der Waals surface area contributed by atoms with Gasteiger partial charge in [0.2, 0.25) is 0 Å². The van der Waals surface area contributed by atoms with Gasteiger partial charge in [-0.15, -0.1) is 0 Å². The molecule has 0 atom stereocenters. The van der Waals surface area contributed by atoms with E-state index in [1.807, 2.05) is 24.3 Å². The summed E-state index contributed by atoms with van der Waals surface area (Å²) in [7, 11) is 0. The molecule has 0 aliphatic rings. The first-order chi connectivity index (χ1) is 10.1. The Kier molecular flexibility index (Phi) is 3.48. The molecule has 0 amide bonds. The minimum Gasteiger partial charge on any atom is -0.244 e. The molecule has 3 rings (SSSR count). The Morgan fingerprint density at radius 1 is 0.762 bits per heavy atom. The van der Waals surface area contributed by atoms with Gasteiger partial charge < -0.3 is 0 Å². The van der Waals surface area contributed by atoms with Gasteiger partial charge in [0, 0.05) is 18.0 Å². The van der Waals surface area contributed by atoms with Gasteiger partial charge in [0.15, 0.2) is 5.82 Å². The van der Waals surface area contributed by atoms with Crippen LogP contribution in [0.1, 0.15) is 16.7 Å². The number of aromatic nitrogens is 3. The highest BCUT2D eigenvalue weighted by Crippen LogP contribution is 2.28. The number of nitrogens with zero attached hydrogens (tertiary/aromatic N) is 3. The fourth-order valence-corrected chi connectivity index (χ4v) is 2.71. The highest BCUT2D eigenvalue weighted by molar-refractivity contribution is 5.70. The van der Waals surface area contributed by atoms with Gasteiger partial charge in [0.25, 0.3) is 0 Å². The molecule has 3 aromatic rings. The van der Waals surface area contributed by atoms with E-state index < -0.39 is 0 Å². The van der Waals surface area contributed by atoms with Crippen molar-refractivity contribution < 1.29 is 0 Å². The standard InChI is InChI=1S/C18H17N3/c1-12-10-13(2)17(14(3)11-12)15-6-4-7-16(21-15)18-19-8-5-9-20-18/h4-11H,1-3H3. The molecule has 0 saturated heterocycles. The van der Waals surface area contributed by atoms with Crippen molar-refractivity contribution in [3.05, 3.63) is 65.5 Å². The summed E-state index contributed by atoms with van der Waals surface area (Å²) < 4.78 is 0. The molecule has 0 bridgehead atoms. The van der Waals surface area contributed by atoms with Crippen LogP contribution in [0, 0.1) is 20.8 Å². The van der Waals surface area contributed by atoms with Crippen LogP contribution in [0.25, 0.3) is 22.8 Å². The molecule has 0 radical (unpaired) electrons. The van der Waals surface area contributed by atoms with Crippen molar-refractivity contribution >= 4 is 0 Å². The summed E-state index contributed by atoms with van der Waals surface area (Å²) in [5.41, 5.74) is 6.72. The normalized spacial score (nSPS) is 10.6. The largest absolute Gasteiger partial charge is 0.244 e. The lowest BCUT2D eigenvalue weighted by atomic mass is 9.97. The summed E-state index contributed by atoms with van der Waals surface area (Å²) in [5, 5.41) is 0. The zero-order valence-electron chi connectivity index (χ0n) is 12.5. The smallest absolute Gasteiger partial charge is 0.178 e. The van der Waals surface area contributed by atoms with E-state index in [-0.39, 0.29) is 0 Å². The van der Waals surface area contributed by atoms with E-state index in [9.17, 15) is 0 Å². The van der Waals surface area contributed by atoms with Crippen molar-refractivity contribution in [1.29, 1.82) is 0 Å². The van der Waals surface area contributed by atoms with E-state index in [0.717, 1.165) is 11.4 Å². The van der Waals surface area contributed by atoms with Crippen LogP contribution >= 0.6 is 0 Å². The van der Waals surface area contributed by atoms with Crippen LogP contribution in [0.4, 0.5) is 0 Å². The second-order valence-electron chi connectivity index (χ2n) is 5.25. The van der Waals surface area contributed by atoms with Gasteiger partial charge in [-0.1, -0.05) is 23.8 Å². The van der Waals surface area contributed by atoms with E-state index in [2.05, 4.69) is 42.9 Å². The van der Waals surface area contributed by atoms with Crippen LogP contribution in [0.5, 0.6) is 0 Å². The van der Waals surface area contributed by atoms with Crippen LogP contribution in [0.2, 0.25) is 0 Å². The molecule has 2 heterocycles. The zero-order valence-corrected chi connectivity index (χ0v) is 12.5. The third kappa shape index (κ3) is 2.68. The lowest BCUT2D eigenvalue weighted by Crippen LogP contribution is -1.95.